The lowest BCUT2D eigenvalue weighted by molar-refractivity contribution is 0.945. The third kappa shape index (κ3) is 2.45. The molecule has 0 radical (unpaired) electrons. The number of pyridine rings is 1. The lowest BCUT2D eigenvalue weighted by Gasteiger charge is -2.09. The van der Waals surface area contributed by atoms with Gasteiger partial charge in [0.2, 0.25) is 0 Å². The van der Waals surface area contributed by atoms with Crippen molar-refractivity contribution in [2.75, 3.05) is 5.75 Å². The van der Waals surface area contributed by atoms with E-state index in [0.717, 1.165) is 17.1 Å². The first-order valence-corrected chi connectivity index (χ1v) is 5.47. The van der Waals surface area contributed by atoms with Crippen molar-refractivity contribution in [1.82, 2.24) is 4.98 Å². The van der Waals surface area contributed by atoms with Crippen molar-refractivity contribution in [2.45, 2.75) is 32.2 Å². The fourth-order valence-electron chi connectivity index (χ4n) is 1.35. The van der Waals surface area contributed by atoms with Gasteiger partial charge in [0.1, 0.15) is 0 Å². The van der Waals surface area contributed by atoms with E-state index < -0.39 is 0 Å². The second-order valence-electron chi connectivity index (χ2n) is 2.96. The molecule has 0 aliphatic rings. The van der Waals surface area contributed by atoms with E-state index in [0.29, 0.717) is 6.54 Å². The summed E-state index contributed by atoms with van der Waals surface area (Å²) in [4.78, 5) is 5.68. The molecule has 2 N–H and O–H groups in total. The summed E-state index contributed by atoms with van der Waals surface area (Å²) >= 11 is 1.83. The predicted octanol–water partition coefficient (Wildman–Crippen LogP) is 2.27. The summed E-state index contributed by atoms with van der Waals surface area (Å²) < 4.78 is 0. The fourth-order valence-corrected chi connectivity index (χ4v) is 2.32. The molecule has 2 nitrogen and oxygen atoms in total. The van der Waals surface area contributed by atoms with Gasteiger partial charge in [-0.15, -0.1) is 11.8 Å². The second-order valence-corrected chi connectivity index (χ2v) is 4.27. The van der Waals surface area contributed by atoms with Crippen LogP contribution in [0.1, 0.15) is 23.9 Å². The highest BCUT2D eigenvalue weighted by Crippen LogP contribution is 2.24. The Hall–Kier alpha value is -0.540. The number of hydrogen-bond donors (Lipinski definition) is 1. The Labute approximate surface area is 83.9 Å². The maximum absolute atomic E-state index is 5.68. The summed E-state index contributed by atoms with van der Waals surface area (Å²) in [6.07, 6.45) is 0. The Morgan fingerprint density at radius 3 is 2.69 bits per heavy atom. The molecule has 1 rings (SSSR count). The molecule has 0 amide bonds. The largest absolute Gasteiger partial charge is 0.326 e. The molecule has 0 bridgehead atoms. The molecule has 1 heterocycles. The average Bonchev–Trinajstić information content (AvgIpc) is 2.04. The van der Waals surface area contributed by atoms with Gasteiger partial charge in [0.15, 0.2) is 0 Å². The summed E-state index contributed by atoms with van der Waals surface area (Å²) in [6.45, 7) is 6.78. The minimum atomic E-state index is 0.585. The van der Waals surface area contributed by atoms with Gasteiger partial charge in [-0.3, -0.25) is 4.98 Å². The van der Waals surface area contributed by atoms with Gasteiger partial charge in [-0.25, -0.2) is 0 Å². The fraction of sp³-hybridized carbons (Fsp3) is 0.500. The Morgan fingerprint density at radius 2 is 2.15 bits per heavy atom. The number of nitrogens with zero attached hydrogens (tertiary/aromatic N) is 1. The topological polar surface area (TPSA) is 38.9 Å². The van der Waals surface area contributed by atoms with Gasteiger partial charge >= 0.3 is 0 Å². The van der Waals surface area contributed by atoms with Crippen molar-refractivity contribution in [3.63, 3.8) is 0 Å². The molecule has 0 atom stereocenters. The molecule has 0 aliphatic heterocycles. The molecule has 13 heavy (non-hydrogen) atoms. The Morgan fingerprint density at radius 1 is 1.46 bits per heavy atom. The van der Waals surface area contributed by atoms with Crippen molar-refractivity contribution in [2.24, 2.45) is 5.73 Å². The van der Waals surface area contributed by atoms with Crippen LogP contribution in [0.25, 0.3) is 0 Å². The van der Waals surface area contributed by atoms with Crippen LogP contribution >= 0.6 is 11.8 Å². The van der Waals surface area contributed by atoms with Gasteiger partial charge in [-0.2, -0.15) is 0 Å². The SMILES string of the molecule is CCSc1cc(C)nc(C)c1CN. The van der Waals surface area contributed by atoms with E-state index in [1.807, 2.05) is 25.6 Å². The molecule has 0 saturated carbocycles. The molecular weight excluding hydrogens is 180 g/mol. The molecule has 0 aliphatic carbocycles. The van der Waals surface area contributed by atoms with Crippen LogP contribution in [0.5, 0.6) is 0 Å². The lowest BCUT2D eigenvalue weighted by atomic mass is 10.2. The van der Waals surface area contributed by atoms with E-state index in [4.69, 9.17) is 5.73 Å². The zero-order valence-electron chi connectivity index (χ0n) is 8.42. The number of nitrogens with two attached hydrogens (primary N) is 1. The van der Waals surface area contributed by atoms with Crippen LogP contribution in [0.15, 0.2) is 11.0 Å². The molecule has 1 aromatic rings. The van der Waals surface area contributed by atoms with E-state index in [-0.39, 0.29) is 0 Å². The summed E-state index contributed by atoms with van der Waals surface area (Å²) in [6, 6.07) is 2.11. The third-order valence-corrected chi connectivity index (χ3v) is 2.89. The number of thioether (sulfide) groups is 1. The monoisotopic (exact) mass is 196 g/mol. The predicted molar refractivity (Wildman–Crippen MR) is 58.0 cm³/mol. The second kappa shape index (κ2) is 4.63. The maximum atomic E-state index is 5.68. The van der Waals surface area contributed by atoms with Crippen molar-refractivity contribution >= 4 is 11.8 Å². The molecular formula is C10H16N2S. The van der Waals surface area contributed by atoms with Crippen molar-refractivity contribution in [3.05, 3.63) is 23.0 Å². The van der Waals surface area contributed by atoms with Gasteiger partial charge in [0.05, 0.1) is 0 Å². The number of aromatic nitrogens is 1. The van der Waals surface area contributed by atoms with Crippen molar-refractivity contribution < 1.29 is 0 Å². The standard InChI is InChI=1S/C10H16N2S/c1-4-13-10-5-7(2)12-8(3)9(10)6-11/h5H,4,6,11H2,1-3H3. The van der Waals surface area contributed by atoms with Crippen LogP contribution in [0.4, 0.5) is 0 Å². The minimum Gasteiger partial charge on any atom is -0.326 e. The van der Waals surface area contributed by atoms with E-state index in [1.165, 1.54) is 10.5 Å². The average molecular weight is 196 g/mol. The van der Waals surface area contributed by atoms with Crippen LogP contribution in [0.2, 0.25) is 0 Å². The zero-order valence-corrected chi connectivity index (χ0v) is 9.24. The first kappa shape index (κ1) is 10.5. The quantitative estimate of drug-likeness (QED) is 0.754. The van der Waals surface area contributed by atoms with Gasteiger partial charge in [0, 0.05) is 28.4 Å². The highest BCUT2D eigenvalue weighted by molar-refractivity contribution is 7.99. The molecule has 1 aromatic heterocycles. The van der Waals surface area contributed by atoms with Crippen molar-refractivity contribution in [3.8, 4) is 0 Å². The third-order valence-electron chi connectivity index (χ3n) is 1.92. The summed E-state index contributed by atoms with van der Waals surface area (Å²) in [7, 11) is 0. The molecule has 0 spiro atoms. The Bertz CT molecular complexity index is 297. The Kier molecular flexibility index (Phi) is 3.75. The van der Waals surface area contributed by atoms with Gasteiger partial charge < -0.3 is 5.73 Å². The van der Waals surface area contributed by atoms with Gasteiger partial charge in [0.25, 0.3) is 0 Å². The van der Waals surface area contributed by atoms with Crippen LogP contribution in [0.3, 0.4) is 0 Å². The smallest absolute Gasteiger partial charge is 0.0431 e. The number of rotatable bonds is 3. The lowest BCUT2D eigenvalue weighted by Crippen LogP contribution is -2.04. The highest BCUT2D eigenvalue weighted by Gasteiger charge is 2.06. The zero-order chi connectivity index (χ0) is 9.84. The molecule has 0 saturated heterocycles. The molecule has 0 unspecified atom stereocenters. The summed E-state index contributed by atoms with van der Waals surface area (Å²) in [5, 5.41) is 0. The summed E-state index contributed by atoms with van der Waals surface area (Å²) in [5.74, 6) is 1.08. The van der Waals surface area contributed by atoms with Crippen molar-refractivity contribution in [1.29, 1.82) is 0 Å². The summed E-state index contributed by atoms with van der Waals surface area (Å²) in [5.41, 5.74) is 9.01. The van der Waals surface area contributed by atoms with Gasteiger partial charge in [-0.1, -0.05) is 6.92 Å². The van der Waals surface area contributed by atoms with E-state index in [2.05, 4.69) is 18.0 Å². The maximum Gasteiger partial charge on any atom is 0.0431 e. The van der Waals surface area contributed by atoms with Crippen LogP contribution in [-0.4, -0.2) is 10.7 Å². The van der Waals surface area contributed by atoms with E-state index in [1.54, 1.807) is 0 Å². The minimum absolute atomic E-state index is 0.585. The number of hydrogen-bond acceptors (Lipinski definition) is 3. The normalized spacial score (nSPS) is 10.5. The highest BCUT2D eigenvalue weighted by atomic mass is 32.2. The van der Waals surface area contributed by atoms with Crippen LogP contribution < -0.4 is 5.73 Å². The number of aryl methyl sites for hydroxylation is 2. The first-order chi connectivity index (χ1) is 6.19. The van der Waals surface area contributed by atoms with E-state index >= 15 is 0 Å². The van der Waals surface area contributed by atoms with E-state index in [9.17, 15) is 0 Å². The van der Waals surface area contributed by atoms with Crippen LogP contribution in [-0.2, 0) is 6.54 Å². The molecule has 3 heteroatoms. The van der Waals surface area contributed by atoms with Gasteiger partial charge in [-0.05, 0) is 25.7 Å². The first-order valence-electron chi connectivity index (χ1n) is 4.49. The molecule has 0 aromatic carbocycles. The van der Waals surface area contributed by atoms with Crippen LogP contribution in [0, 0.1) is 13.8 Å². The molecule has 0 fully saturated rings. The molecule has 72 valence electrons. The Balaban J connectivity index is 3.13.